The number of carbonyl (C=O) groups excluding carboxylic acids is 1. The summed E-state index contributed by atoms with van der Waals surface area (Å²) in [6, 6.07) is 0. The largest absolute Gasteiger partial charge is 0.480 e. The summed E-state index contributed by atoms with van der Waals surface area (Å²) in [5, 5.41) is 13.7. The Morgan fingerprint density at radius 1 is 1.50 bits per heavy atom. The van der Waals surface area contributed by atoms with Crippen LogP contribution in [-0.4, -0.2) is 41.7 Å². The molecule has 0 unspecified atom stereocenters. The number of carbonyl (C=O) groups is 2. The summed E-state index contributed by atoms with van der Waals surface area (Å²) in [5.74, 6) is -1.41. The molecule has 0 bridgehead atoms. The monoisotopic (exact) mass is 244 g/mol. The number of nitrogens with one attached hydrogen (secondary N) is 1. The Morgan fingerprint density at radius 2 is 2.31 bits per heavy atom. The van der Waals surface area contributed by atoms with Gasteiger partial charge in [-0.15, -0.1) is 11.3 Å². The number of amides is 1. The average molecular weight is 244 g/mol. The second-order valence-corrected chi connectivity index (χ2v) is 3.89. The first-order chi connectivity index (χ1) is 7.68. The second kappa shape index (κ2) is 6.91. The highest BCUT2D eigenvalue weighted by Crippen LogP contribution is 2.03. The Morgan fingerprint density at radius 3 is 2.94 bits per heavy atom. The molecule has 0 aromatic carbocycles. The smallest absolute Gasteiger partial charge is 0.329 e. The summed E-state index contributed by atoms with van der Waals surface area (Å²) < 4.78 is 4.62. The Balaban J connectivity index is 2.04. The highest BCUT2D eigenvalue weighted by atomic mass is 32.1. The van der Waals surface area contributed by atoms with E-state index in [9.17, 15) is 9.59 Å². The molecule has 1 aromatic heterocycles. The summed E-state index contributed by atoms with van der Waals surface area (Å²) in [5.41, 5.74) is 0. The van der Waals surface area contributed by atoms with Gasteiger partial charge >= 0.3 is 5.97 Å². The molecule has 0 fully saturated rings. The lowest BCUT2D eigenvalue weighted by Gasteiger charge is -2.03. The molecule has 1 rings (SSSR count). The highest BCUT2D eigenvalue weighted by Gasteiger charge is 2.03. The number of thiazole rings is 1. The third-order valence-electron chi connectivity index (χ3n) is 1.60. The van der Waals surface area contributed by atoms with E-state index in [1.807, 2.05) is 5.38 Å². The van der Waals surface area contributed by atoms with Crippen LogP contribution in [0.25, 0.3) is 0 Å². The van der Waals surface area contributed by atoms with Gasteiger partial charge in [-0.3, -0.25) is 4.79 Å². The molecule has 1 heterocycles. The van der Waals surface area contributed by atoms with Crippen molar-refractivity contribution in [3.05, 3.63) is 16.6 Å². The van der Waals surface area contributed by atoms with E-state index in [0.29, 0.717) is 13.0 Å². The summed E-state index contributed by atoms with van der Waals surface area (Å²) in [6.45, 7) is -0.215. The van der Waals surface area contributed by atoms with Crippen LogP contribution in [0.1, 0.15) is 5.01 Å². The molecule has 88 valence electrons. The van der Waals surface area contributed by atoms with E-state index in [-0.39, 0.29) is 12.5 Å². The number of rotatable bonds is 7. The molecule has 0 aliphatic carbocycles. The molecule has 1 aromatic rings. The van der Waals surface area contributed by atoms with Crippen LogP contribution in [0.4, 0.5) is 0 Å². The molecule has 0 atom stereocenters. The molecule has 7 heteroatoms. The van der Waals surface area contributed by atoms with E-state index in [0.717, 1.165) is 5.01 Å². The molecular formula is C9H12N2O4S. The number of hydrogen-bond acceptors (Lipinski definition) is 5. The predicted molar refractivity (Wildman–Crippen MR) is 57.3 cm³/mol. The highest BCUT2D eigenvalue weighted by molar-refractivity contribution is 7.09. The van der Waals surface area contributed by atoms with Gasteiger partial charge < -0.3 is 15.2 Å². The minimum absolute atomic E-state index is 0.232. The van der Waals surface area contributed by atoms with E-state index in [1.54, 1.807) is 6.20 Å². The van der Waals surface area contributed by atoms with Gasteiger partial charge in [0, 0.05) is 24.5 Å². The molecule has 0 saturated heterocycles. The fourth-order valence-electron chi connectivity index (χ4n) is 0.967. The van der Waals surface area contributed by atoms with Gasteiger partial charge in [0.1, 0.15) is 13.2 Å². The molecule has 0 spiro atoms. The van der Waals surface area contributed by atoms with E-state index < -0.39 is 12.6 Å². The standard InChI is InChI=1S/C9H12N2O4S/c12-7(5-15-6-9(13)14)10-2-1-8-11-3-4-16-8/h3-4H,1-2,5-6H2,(H,10,12)(H,13,14). The van der Waals surface area contributed by atoms with Crippen molar-refractivity contribution < 1.29 is 19.4 Å². The summed E-state index contributed by atoms with van der Waals surface area (Å²) >= 11 is 1.52. The fraction of sp³-hybridized carbons (Fsp3) is 0.444. The number of carboxylic acids is 1. The first-order valence-corrected chi connectivity index (χ1v) is 5.51. The van der Waals surface area contributed by atoms with E-state index in [4.69, 9.17) is 5.11 Å². The van der Waals surface area contributed by atoms with Crippen LogP contribution in [0.3, 0.4) is 0 Å². The summed E-state index contributed by atoms with van der Waals surface area (Å²) in [4.78, 5) is 25.3. The van der Waals surface area contributed by atoms with Gasteiger partial charge in [0.05, 0.1) is 5.01 Å². The number of hydrogen-bond donors (Lipinski definition) is 2. The van der Waals surface area contributed by atoms with Crippen LogP contribution < -0.4 is 5.32 Å². The third-order valence-corrected chi connectivity index (χ3v) is 2.44. The van der Waals surface area contributed by atoms with Gasteiger partial charge in [-0.25, -0.2) is 9.78 Å². The van der Waals surface area contributed by atoms with Gasteiger partial charge in [-0.05, 0) is 0 Å². The summed E-state index contributed by atoms with van der Waals surface area (Å²) in [6.07, 6.45) is 2.38. The first kappa shape index (κ1) is 12.6. The molecule has 6 nitrogen and oxygen atoms in total. The van der Waals surface area contributed by atoms with Crippen molar-refractivity contribution in [3.63, 3.8) is 0 Å². The first-order valence-electron chi connectivity index (χ1n) is 4.63. The van der Waals surface area contributed by atoms with E-state index in [1.165, 1.54) is 11.3 Å². The third kappa shape index (κ3) is 5.42. The van der Waals surface area contributed by atoms with Crippen LogP contribution in [0.5, 0.6) is 0 Å². The van der Waals surface area contributed by atoms with Gasteiger partial charge in [0.25, 0.3) is 0 Å². The number of aliphatic carboxylic acids is 1. The van der Waals surface area contributed by atoms with Crippen molar-refractivity contribution in [1.82, 2.24) is 10.3 Å². The Labute approximate surface area is 96.3 Å². The average Bonchev–Trinajstić information content (AvgIpc) is 2.70. The second-order valence-electron chi connectivity index (χ2n) is 2.91. The number of carboxylic acid groups (broad SMARTS) is 1. The molecule has 16 heavy (non-hydrogen) atoms. The van der Waals surface area contributed by atoms with Crippen LogP contribution in [-0.2, 0) is 20.7 Å². The Bertz CT molecular complexity index is 339. The molecule has 0 saturated carbocycles. The van der Waals surface area contributed by atoms with Gasteiger partial charge in [-0.1, -0.05) is 0 Å². The van der Waals surface area contributed by atoms with Crippen LogP contribution >= 0.6 is 11.3 Å². The van der Waals surface area contributed by atoms with E-state index >= 15 is 0 Å². The SMILES string of the molecule is O=C(O)COCC(=O)NCCc1nccs1. The van der Waals surface area contributed by atoms with Crippen molar-refractivity contribution in [2.45, 2.75) is 6.42 Å². The Kier molecular flexibility index (Phi) is 5.44. The van der Waals surface area contributed by atoms with E-state index in [2.05, 4.69) is 15.0 Å². The summed E-state index contributed by atoms with van der Waals surface area (Å²) in [7, 11) is 0. The normalized spacial score (nSPS) is 10.0. The zero-order valence-electron chi connectivity index (χ0n) is 8.51. The minimum Gasteiger partial charge on any atom is -0.480 e. The van der Waals surface area contributed by atoms with Gasteiger partial charge in [0.15, 0.2) is 0 Å². The lowest BCUT2D eigenvalue weighted by molar-refractivity contribution is -0.143. The van der Waals surface area contributed by atoms with Gasteiger partial charge in [-0.2, -0.15) is 0 Å². The minimum atomic E-state index is -1.09. The van der Waals surface area contributed by atoms with Crippen LogP contribution in [0.15, 0.2) is 11.6 Å². The lowest BCUT2D eigenvalue weighted by Crippen LogP contribution is -2.30. The maximum absolute atomic E-state index is 11.1. The maximum Gasteiger partial charge on any atom is 0.329 e. The van der Waals surface area contributed by atoms with Crippen molar-refractivity contribution in [1.29, 1.82) is 0 Å². The molecule has 2 N–H and O–H groups in total. The zero-order valence-corrected chi connectivity index (χ0v) is 9.33. The van der Waals surface area contributed by atoms with Crippen LogP contribution in [0, 0.1) is 0 Å². The molecular weight excluding hydrogens is 232 g/mol. The van der Waals surface area contributed by atoms with Crippen molar-refractivity contribution in [2.75, 3.05) is 19.8 Å². The van der Waals surface area contributed by atoms with Gasteiger partial charge in [0.2, 0.25) is 5.91 Å². The quantitative estimate of drug-likeness (QED) is 0.699. The number of aromatic nitrogens is 1. The Hall–Kier alpha value is -1.47. The maximum atomic E-state index is 11.1. The molecule has 0 aliphatic rings. The fourth-order valence-corrected chi connectivity index (χ4v) is 1.59. The lowest BCUT2D eigenvalue weighted by atomic mass is 10.4. The predicted octanol–water partition coefficient (Wildman–Crippen LogP) is -0.0970. The van der Waals surface area contributed by atoms with Crippen molar-refractivity contribution in [2.24, 2.45) is 0 Å². The number of nitrogens with zero attached hydrogens (tertiary/aromatic N) is 1. The molecule has 1 amide bonds. The van der Waals surface area contributed by atoms with Crippen molar-refractivity contribution in [3.8, 4) is 0 Å². The van der Waals surface area contributed by atoms with Crippen LogP contribution in [0.2, 0.25) is 0 Å². The topological polar surface area (TPSA) is 88.5 Å². The molecule has 0 aliphatic heterocycles. The zero-order chi connectivity index (χ0) is 11.8. The van der Waals surface area contributed by atoms with Crippen molar-refractivity contribution >= 4 is 23.2 Å². The molecule has 0 radical (unpaired) electrons. The number of ether oxygens (including phenoxy) is 1.